The van der Waals surface area contributed by atoms with E-state index in [0.717, 1.165) is 18.4 Å². The Balaban J connectivity index is 1.22. The average molecular weight is 747 g/mol. The van der Waals surface area contributed by atoms with E-state index in [0.29, 0.717) is 40.3 Å². The molecule has 0 aromatic heterocycles. The van der Waals surface area contributed by atoms with Crippen LogP contribution in [0.15, 0.2) is 103 Å². The van der Waals surface area contributed by atoms with E-state index in [9.17, 15) is 24.3 Å². The Hall–Kier alpha value is -5.14. The van der Waals surface area contributed by atoms with Gasteiger partial charge in [0.05, 0.1) is 37.4 Å². The van der Waals surface area contributed by atoms with Crippen molar-refractivity contribution in [1.29, 1.82) is 0 Å². The Bertz CT molecular complexity index is 2040. The minimum absolute atomic E-state index is 0.0343. The number of aliphatic hydroxyl groups is 1. The molecular formula is C42H46N4O7Si. The van der Waals surface area contributed by atoms with Crippen LogP contribution in [0, 0.1) is 5.92 Å². The molecule has 3 heterocycles. The van der Waals surface area contributed by atoms with Crippen molar-refractivity contribution in [2.75, 3.05) is 28.7 Å². The number of aliphatic hydroxyl groups excluding tert-OH is 1. The first-order valence-corrected chi connectivity index (χ1v) is 21.5. The van der Waals surface area contributed by atoms with Crippen LogP contribution in [0.1, 0.15) is 58.0 Å². The van der Waals surface area contributed by atoms with E-state index < -0.39 is 31.5 Å². The molecule has 4 amide bonds. The second kappa shape index (κ2) is 14.9. The number of carbonyl (C=O) groups is 4. The molecule has 2 saturated heterocycles. The number of nitrogens with one attached hydrogen (secondary N) is 2. The first kappa shape index (κ1) is 37.2. The minimum Gasteiger partial charge on any atom is -0.432 e. The molecule has 7 rings (SSSR count). The van der Waals surface area contributed by atoms with Gasteiger partial charge in [-0.1, -0.05) is 55.5 Å². The van der Waals surface area contributed by atoms with Crippen LogP contribution in [-0.4, -0.2) is 72.0 Å². The van der Waals surface area contributed by atoms with Gasteiger partial charge in [0.2, 0.25) is 5.91 Å². The lowest BCUT2D eigenvalue weighted by atomic mass is 9.82. The van der Waals surface area contributed by atoms with Crippen molar-refractivity contribution in [2.45, 2.75) is 69.1 Å². The molecule has 12 heteroatoms. The molecular weight excluding hydrogens is 701 g/mol. The largest absolute Gasteiger partial charge is 0.432 e. The van der Waals surface area contributed by atoms with E-state index in [2.05, 4.69) is 10.6 Å². The highest BCUT2D eigenvalue weighted by molar-refractivity contribution is 6.71. The third kappa shape index (κ3) is 6.97. The number of rotatable bonds is 10. The standard InChI is InChI=1S/C42H46N4O7Si/c1-27-38(54(2,3)52)36(24-37(48)45-22-10-15-33(45)26-47)53-42(27)34-23-32(44-40(50)30-13-8-5-9-14-30)20-21-35(34)46(41(42)51)25-28-16-18-31(19-17-28)43-39(49)29-11-6-4-7-12-29/h4-9,11-14,16-21,23,27,33,36,38,47,52H,10,15,22,24-26H2,1-3H3,(H,43,49)(H,44,50)/t27-,33+,36+,38-,42+/m1/s1. The highest BCUT2D eigenvalue weighted by Gasteiger charge is 2.66. The van der Waals surface area contributed by atoms with Crippen LogP contribution in [0.25, 0.3) is 0 Å². The van der Waals surface area contributed by atoms with E-state index >= 15 is 4.79 Å². The molecule has 4 aromatic carbocycles. The molecule has 280 valence electrons. The van der Waals surface area contributed by atoms with Crippen LogP contribution < -0.4 is 15.5 Å². The van der Waals surface area contributed by atoms with E-state index in [4.69, 9.17) is 4.74 Å². The summed E-state index contributed by atoms with van der Waals surface area (Å²) in [5.74, 6) is -1.55. The Morgan fingerprint density at radius 1 is 0.870 bits per heavy atom. The predicted octanol–water partition coefficient (Wildman–Crippen LogP) is 5.91. The number of benzene rings is 4. The van der Waals surface area contributed by atoms with Gasteiger partial charge in [-0.3, -0.25) is 19.2 Å². The third-order valence-electron chi connectivity index (χ3n) is 11.2. The minimum atomic E-state index is -3.07. The van der Waals surface area contributed by atoms with Crippen molar-refractivity contribution in [3.8, 4) is 0 Å². The van der Waals surface area contributed by atoms with Gasteiger partial charge in [-0.25, -0.2) is 0 Å². The van der Waals surface area contributed by atoms with Gasteiger partial charge in [-0.05, 0) is 86.1 Å². The maximum atomic E-state index is 15.0. The highest BCUT2D eigenvalue weighted by Crippen LogP contribution is 2.60. The average Bonchev–Trinajstić information content (AvgIpc) is 3.83. The van der Waals surface area contributed by atoms with Gasteiger partial charge in [-0.15, -0.1) is 0 Å². The van der Waals surface area contributed by atoms with Crippen LogP contribution in [0.5, 0.6) is 0 Å². The topological polar surface area (TPSA) is 149 Å². The maximum absolute atomic E-state index is 15.0. The zero-order valence-electron chi connectivity index (χ0n) is 30.7. The van der Waals surface area contributed by atoms with E-state index in [1.54, 1.807) is 88.7 Å². The fraction of sp³-hybridized carbons (Fsp3) is 0.333. The second-order valence-electron chi connectivity index (χ2n) is 15.1. The van der Waals surface area contributed by atoms with Crippen LogP contribution in [0.3, 0.4) is 0 Å². The fourth-order valence-electron chi connectivity index (χ4n) is 8.62. The molecule has 5 atom stereocenters. The molecule has 0 saturated carbocycles. The summed E-state index contributed by atoms with van der Waals surface area (Å²) < 4.78 is 6.93. The number of carbonyl (C=O) groups excluding carboxylic acids is 4. The number of hydrogen-bond donors (Lipinski definition) is 4. The molecule has 3 aliphatic rings. The second-order valence-corrected chi connectivity index (χ2v) is 19.1. The van der Waals surface area contributed by atoms with Crippen LogP contribution in [-0.2, 0) is 26.5 Å². The van der Waals surface area contributed by atoms with E-state index in [1.165, 1.54) is 0 Å². The van der Waals surface area contributed by atoms with Gasteiger partial charge in [0.25, 0.3) is 17.7 Å². The molecule has 0 unspecified atom stereocenters. The molecule has 4 aromatic rings. The molecule has 4 N–H and O–H groups in total. The van der Waals surface area contributed by atoms with Crippen molar-refractivity contribution < 1.29 is 33.8 Å². The molecule has 54 heavy (non-hydrogen) atoms. The fourth-order valence-corrected chi connectivity index (χ4v) is 11.2. The van der Waals surface area contributed by atoms with Crippen LogP contribution >= 0.6 is 0 Å². The molecule has 11 nitrogen and oxygen atoms in total. The van der Waals surface area contributed by atoms with Crippen LogP contribution in [0.2, 0.25) is 18.6 Å². The molecule has 0 bridgehead atoms. The summed E-state index contributed by atoms with van der Waals surface area (Å²) >= 11 is 0. The number of nitrogens with zero attached hydrogens (tertiary/aromatic N) is 2. The summed E-state index contributed by atoms with van der Waals surface area (Å²) in [7, 11) is -3.07. The molecule has 2 fully saturated rings. The maximum Gasteiger partial charge on any atom is 0.264 e. The summed E-state index contributed by atoms with van der Waals surface area (Å²) in [5, 5.41) is 15.8. The summed E-state index contributed by atoms with van der Waals surface area (Å²) in [4.78, 5) is 69.9. The van der Waals surface area contributed by atoms with Crippen molar-refractivity contribution in [1.82, 2.24) is 4.90 Å². The molecule has 0 aliphatic carbocycles. The lowest BCUT2D eigenvalue weighted by molar-refractivity contribution is -0.150. The number of amides is 4. The lowest BCUT2D eigenvalue weighted by Crippen LogP contribution is -2.46. The van der Waals surface area contributed by atoms with Crippen molar-refractivity contribution in [2.24, 2.45) is 5.92 Å². The molecule has 1 spiro atoms. The summed E-state index contributed by atoms with van der Waals surface area (Å²) in [6.07, 6.45) is 0.723. The molecule has 3 aliphatic heterocycles. The number of hydrogen-bond acceptors (Lipinski definition) is 7. The number of anilines is 3. The third-order valence-corrected chi connectivity index (χ3v) is 13.7. The summed E-state index contributed by atoms with van der Waals surface area (Å²) in [6.45, 7) is 6.14. The zero-order chi connectivity index (χ0) is 38.2. The highest BCUT2D eigenvalue weighted by atomic mass is 28.4. The zero-order valence-corrected chi connectivity index (χ0v) is 31.7. The predicted molar refractivity (Wildman–Crippen MR) is 208 cm³/mol. The number of ether oxygens (including phenoxy) is 1. The van der Waals surface area contributed by atoms with Crippen molar-refractivity contribution in [3.05, 3.63) is 125 Å². The van der Waals surface area contributed by atoms with Gasteiger partial charge in [-0.2, -0.15) is 0 Å². The Morgan fingerprint density at radius 3 is 2.06 bits per heavy atom. The van der Waals surface area contributed by atoms with Gasteiger partial charge in [0.15, 0.2) is 13.9 Å². The summed E-state index contributed by atoms with van der Waals surface area (Å²) in [5.41, 5.74) is 2.05. The number of fused-ring (bicyclic) bond motifs is 2. The first-order valence-electron chi connectivity index (χ1n) is 18.5. The van der Waals surface area contributed by atoms with Crippen LogP contribution in [0.4, 0.5) is 17.1 Å². The lowest BCUT2D eigenvalue weighted by Gasteiger charge is -2.33. The SMILES string of the molecule is C[C@@H]1[C@@H]([Si](C)(C)O)[C@H](CC(=O)N2CCC[C@H]2CO)O[C@@]12C(=O)N(Cc1ccc(NC(=O)c3ccccc3)cc1)c1ccc(NC(=O)c3ccccc3)cc12. The molecule has 0 radical (unpaired) electrons. The Labute approximate surface area is 316 Å². The smallest absolute Gasteiger partial charge is 0.264 e. The summed E-state index contributed by atoms with van der Waals surface area (Å²) in [6, 6.07) is 30.1. The van der Waals surface area contributed by atoms with Crippen molar-refractivity contribution in [3.63, 3.8) is 0 Å². The number of likely N-dealkylation sites (tertiary alicyclic amines) is 1. The van der Waals surface area contributed by atoms with Gasteiger partial charge < -0.3 is 35.1 Å². The van der Waals surface area contributed by atoms with Gasteiger partial charge >= 0.3 is 0 Å². The quantitative estimate of drug-likeness (QED) is 0.148. The van der Waals surface area contributed by atoms with E-state index in [1.807, 2.05) is 44.3 Å². The van der Waals surface area contributed by atoms with Gasteiger partial charge in [0, 0.05) is 46.1 Å². The monoisotopic (exact) mass is 746 g/mol. The van der Waals surface area contributed by atoms with Crippen molar-refractivity contribution >= 4 is 49.0 Å². The Morgan fingerprint density at radius 2 is 1.46 bits per heavy atom. The van der Waals surface area contributed by atoms with Gasteiger partial charge in [0.1, 0.15) is 0 Å². The van der Waals surface area contributed by atoms with E-state index in [-0.39, 0.29) is 49.2 Å². The Kier molecular flexibility index (Phi) is 10.3. The first-order chi connectivity index (χ1) is 25.9. The normalized spacial score (nSPS) is 23.5.